The Balaban J connectivity index is 2.62. The Hall–Kier alpha value is -1.75. The van der Waals surface area contributed by atoms with Crippen molar-refractivity contribution in [3.63, 3.8) is 0 Å². The van der Waals surface area contributed by atoms with Crippen molar-refractivity contribution in [2.45, 2.75) is 13.0 Å². The minimum Gasteiger partial charge on any atom is -0.348 e. The number of nitrogens with one attached hydrogen (secondary N) is 2. The maximum absolute atomic E-state index is 13.4. The molecule has 1 atom stereocenters. The number of hydrogen-bond donors (Lipinski definition) is 2. The number of carbonyl (C=O) groups is 1. The highest BCUT2D eigenvalue weighted by Gasteiger charge is 2.17. The summed E-state index contributed by atoms with van der Waals surface area (Å²) >= 11 is 0. The van der Waals surface area contributed by atoms with Gasteiger partial charge in [0.1, 0.15) is 11.6 Å². The Kier molecular flexibility index (Phi) is 5.45. The minimum absolute atomic E-state index is 0.0758. The number of carbonyl (C=O) groups excluding carboxylic acids is 1. The van der Waals surface area contributed by atoms with Crippen LogP contribution in [0, 0.1) is 11.6 Å². The normalized spacial score (nSPS) is 11.9. The molecule has 0 heterocycles. The van der Waals surface area contributed by atoms with Crippen LogP contribution in [0.15, 0.2) is 30.9 Å². The van der Waals surface area contributed by atoms with Crippen molar-refractivity contribution in [3.05, 3.63) is 48.1 Å². The summed E-state index contributed by atoms with van der Waals surface area (Å²) in [7, 11) is 0. The highest BCUT2D eigenvalue weighted by molar-refractivity contribution is 5.78. The fraction of sp³-hybridized carbons (Fsp3) is 0.308. The van der Waals surface area contributed by atoms with Gasteiger partial charge in [0.2, 0.25) is 5.91 Å². The molecule has 0 aliphatic heterocycles. The van der Waals surface area contributed by atoms with Crippen molar-refractivity contribution < 1.29 is 13.6 Å². The van der Waals surface area contributed by atoms with Gasteiger partial charge in [0.25, 0.3) is 0 Å². The van der Waals surface area contributed by atoms with Gasteiger partial charge < -0.3 is 10.6 Å². The van der Waals surface area contributed by atoms with E-state index in [1.165, 1.54) is 13.0 Å². The highest BCUT2D eigenvalue weighted by atomic mass is 19.1. The summed E-state index contributed by atoms with van der Waals surface area (Å²) in [4.78, 5) is 11.5. The Bertz CT molecular complexity index is 415. The van der Waals surface area contributed by atoms with Crippen molar-refractivity contribution >= 4 is 5.91 Å². The van der Waals surface area contributed by atoms with Crippen molar-refractivity contribution in [3.8, 4) is 0 Å². The van der Waals surface area contributed by atoms with E-state index in [0.29, 0.717) is 6.54 Å². The zero-order chi connectivity index (χ0) is 13.5. The quantitative estimate of drug-likeness (QED) is 0.601. The highest BCUT2D eigenvalue weighted by Crippen LogP contribution is 2.19. The van der Waals surface area contributed by atoms with Crippen LogP contribution < -0.4 is 10.6 Å². The van der Waals surface area contributed by atoms with E-state index in [-0.39, 0.29) is 18.0 Å². The van der Waals surface area contributed by atoms with Gasteiger partial charge in [0, 0.05) is 12.1 Å². The molecule has 0 aromatic heterocycles. The Morgan fingerprint density at radius 1 is 1.44 bits per heavy atom. The average Bonchev–Trinajstić information content (AvgIpc) is 2.29. The summed E-state index contributed by atoms with van der Waals surface area (Å²) in [6.45, 7) is 5.60. The molecule has 1 amide bonds. The van der Waals surface area contributed by atoms with Crippen LogP contribution in [0.25, 0.3) is 0 Å². The van der Waals surface area contributed by atoms with Crippen molar-refractivity contribution in [2.75, 3.05) is 13.1 Å². The van der Waals surface area contributed by atoms with Crippen molar-refractivity contribution in [1.29, 1.82) is 0 Å². The zero-order valence-corrected chi connectivity index (χ0v) is 10.2. The van der Waals surface area contributed by atoms with E-state index in [1.54, 1.807) is 6.08 Å². The standard InChI is InChI=1S/C13H16F2N2O/c1-3-7-16-8-12(18)17-9(2)13-10(14)5-4-6-11(13)15/h3-6,9,16H,1,7-8H2,2H3,(H,17,18). The summed E-state index contributed by atoms with van der Waals surface area (Å²) in [5, 5.41) is 5.32. The number of hydrogen-bond acceptors (Lipinski definition) is 2. The van der Waals surface area contributed by atoms with Gasteiger partial charge in [-0.05, 0) is 19.1 Å². The lowest BCUT2D eigenvalue weighted by molar-refractivity contribution is -0.120. The largest absolute Gasteiger partial charge is 0.348 e. The van der Waals surface area contributed by atoms with Gasteiger partial charge in [0.05, 0.1) is 12.6 Å². The summed E-state index contributed by atoms with van der Waals surface area (Å²) in [6.07, 6.45) is 1.62. The molecule has 0 saturated heterocycles. The van der Waals surface area contributed by atoms with Gasteiger partial charge in [-0.15, -0.1) is 6.58 Å². The first-order valence-electron chi connectivity index (χ1n) is 5.61. The summed E-state index contributed by atoms with van der Waals surface area (Å²) in [6, 6.07) is 2.90. The molecule has 0 fully saturated rings. The van der Waals surface area contributed by atoms with Crippen LogP contribution >= 0.6 is 0 Å². The van der Waals surface area contributed by atoms with Crippen LogP contribution in [0.4, 0.5) is 8.78 Å². The minimum atomic E-state index is -0.718. The topological polar surface area (TPSA) is 41.1 Å². The fourth-order valence-corrected chi connectivity index (χ4v) is 1.58. The molecular weight excluding hydrogens is 238 g/mol. The van der Waals surface area contributed by atoms with Gasteiger partial charge in [0.15, 0.2) is 0 Å². The Morgan fingerprint density at radius 3 is 2.61 bits per heavy atom. The van der Waals surface area contributed by atoms with E-state index >= 15 is 0 Å². The third kappa shape index (κ3) is 3.92. The summed E-state index contributed by atoms with van der Waals surface area (Å²) in [5.41, 5.74) is -0.130. The maximum atomic E-state index is 13.4. The van der Waals surface area contributed by atoms with E-state index in [9.17, 15) is 13.6 Å². The first-order chi connectivity index (χ1) is 8.56. The predicted molar refractivity (Wildman–Crippen MR) is 66.0 cm³/mol. The third-order valence-corrected chi connectivity index (χ3v) is 2.38. The molecule has 1 unspecified atom stereocenters. The number of halogens is 2. The maximum Gasteiger partial charge on any atom is 0.234 e. The fourth-order valence-electron chi connectivity index (χ4n) is 1.58. The van der Waals surface area contributed by atoms with Crippen molar-refractivity contribution in [2.24, 2.45) is 0 Å². The van der Waals surface area contributed by atoms with Gasteiger partial charge in [-0.2, -0.15) is 0 Å². The van der Waals surface area contributed by atoms with Gasteiger partial charge in [-0.1, -0.05) is 12.1 Å². The Labute approximate surface area is 105 Å². The lowest BCUT2D eigenvalue weighted by atomic mass is 10.1. The molecule has 2 N–H and O–H groups in total. The zero-order valence-electron chi connectivity index (χ0n) is 10.2. The van der Waals surface area contributed by atoms with E-state index in [0.717, 1.165) is 12.1 Å². The molecule has 98 valence electrons. The number of benzene rings is 1. The van der Waals surface area contributed by atoms with Gasteiger partial charge in [-0.25, -0.2) is 8.78 Å². The monoisotopic (exact) mass is 254 g/mol. The second-order valence-electron chi connectivity index (χ2n) is 3.84. The molecule has 1 rings (SSSR count). The van der Waals surface area contributed by atoms with Crippen LogP contribution in [0.2, 0.25) is 0 Å². The molecule has 1 aromatic carbocycles. The molecule has 3 nitrogen and oxygen atoms in total. The van der Waals surface area contributed by atoms with Crippen LogP contribution in [0.1, 0.15) is 18.5 Å². The molecular formula is C13H16F2N2O. The first-order valence-corrected chi connectivity index (χ1v) is 5.61. The number of amides is 1. The van der Waals surface area contributed by atoms with E-state index in [4.69, 9.17) is 0 Å². The Morgan fingerprint density at radius 2 is 2.06 bits per heavy atom. The third-order valence-electron chi connectivity index (χ3n) is 2.38. The SMILES string of the molecule is C=CCNCC(=O)NC(C)c1c(F)cccc1F. The summed E-state index contributed by atoms with van der Waals surface area (Å²) < 4.78 is 26.9. The molecule has 5 heteroatoms. The summed E-state index contributed by atoms with van der Waals surface area (Å²) in [5.74, 6) is -1.66. The van der Waals surface area contributed by atoms with Crippen LogP contribution in [0.5, 0.6) is 0 Å². The lowest BCUT2D eigenvalue weighted by Crippen LogP contribution is -2.36. The van der Waals surface area contributed by atoms with Crippen LogP contribution in [-0.4, -0.2) is 19.0 Å². The molecule has 1 aromatic rings. The smallest absolute Gasteiger partial charge is 0.234 e. The second kappa shape index (κ2) is 6.86. The van der Waals surface area contributed by atoms with Crippen LogP contribution in [-0.2, 0) is 4.79 Å². The van der Waals surface area contributed by atoms with E-state index < -0.39 is 17.7 Å². The average molecular weight is 254 g/mol. The molecule has 0 radical (unpaired) electrons. The first kappa shape index (κ1) is 14.3. The van der Waals surface area contributed by atoms with Gasteiger partial charge >= 0.3 is 0 Å². The molecule has 0 bridgehead atoms. The van der Waals surface area contributed by atoms with Gasteiger partial charge in [-0.3, -0.25) is 4.79 Å². The van der Waals surface area contributed by atoms with Crippen LogP contribution in [0.3, 0.4) is 0 Å². The molecule has 0 saturated carbocycles. The lowest BCUT2D eigenvalue weighted by Gasteiger charge is -2.15. The predicted octanol–water partition coefficient (Wildman–Crippen LogP) is 1.92. The molecule has 0 aliphatic rings. The van der Waals surface area contributed by atoms with E-state index in [2.05, 4.69) is 17.2 Å². The van der Waals surface area contributed by atoms with E-state index in [1.807, 2.05) is 0 Å². The molecule has 18 heavy (non-hydrogen) atoms. The van der Waals surface area contributed by atoms with Crippen molar-refractivity contribution in [1.82, 2.24) is 10.6 Å². The second-order valence-corrected chi connectivity index (χ2v) is 3.84. The molecule has 0 spiro atoms. The molecule has 0 aliphatic carbocycles. The number of rotatable bonds is 6.